The Morgan fingerprint density at radius 3 is 1.47 bits per heavy atom. The molecule has 0 saturated heterocycles. The Labute approximate surface area is 317 Å². The summed E-state index contributed by atoms with van der Waals surface area (Å²) in [7, 11) is 0. The Morgan fingerprint density at radius 1 is 0.273 bits per heavy atom. The molecule has 4 nitrogen and oxygen atoms in total. The van der Waals surface area contributed by atoms with Crippen molar-refractivity contribution in [1.29, 1.82) is 0 Å². The molecular weight excluding hydrogens is 669 g/mol. The van der Waals surface area contributed by atoms with Crippen molar-refractivity contribution in [3.05, 3.63) is 194 Å². The fraction of sp³-hybridized carbons (Fsp3) is 0. The van der Waals surface area contributed by atoms with Crippen molar-refractivity contribution in [3.8, 4) is 51.0 Å². The molecule has 11 rings (SSSR count). The van der Waals surface area contributed by atoms with Gasteiger partial charge in [-0.1, -0.05) is 182 Å². The third kappa shape index (κ3) is 5.03. The molecule has 0 saturated carbocycles. The van der Waals surface area contributed by atoms with E-state index in [4.69, 9.17) is 15.0 Å². The van der Waals surface area contributed by atoms with Crippen LogP contribution in [0.25, 0.3) is 105 Å². The summed E-state index contributed by atoms with van der Waals surface area (Å²) in [5.41, 5.74) is 8.44. The van der Waals surface area contributed by atoms with Crippen molar-refractivity contribution in [1.82, 2.24) is 19.5 Å². The lowest BCUT2D eigenvalue weighted by Crippen LogP contribution is -2.07. The summed E-state index contributed by atoms with van der Waals surface area (Å²) in [5.74, 6) is 1.81. The first kappa shape index (κ1) is 31.1. The lowest BCUT2D eigenvalue weighted by Gasteiger charge is -2.14. The van der Waals surface area contributed by atoms with Crippen LogP contribution in [0.15, 0.2) is 194 Å². The van der Waals surface area contributed by atoms with Gasteiger partial charge in [-0.25, -0.2) is 4.98 Å². The van der Waals surface area contributed by atoms with Crippen molar-refractivity contribution < 1.29 is 0 Å². The van der Waals surface area contributed by atoms with E-state index in [1.54, 1.807) is 0 Å². The molecule has 55 heavy (non-hydrogen) atoms. The molecule has 0 bridgehead atoms. The Balaban J connectivity index is 1.22. The van der Waals surface area contributed by atoms with Gasteiger partial charge < -0.3 is 0 Å². The monoisotopic (exact) mass is 700 g/mol. The average molecular weight is 701 g/mol. The molecule has 0 unspecified atom stereocenters. The van der Waals surface area contributed by atoms with Crippen LogP contribution >= 0.6 is 0 Å². The molecule has 11 aromatic rings. The van der Waals surface area contributed by atoms with Gasteiger partial charge in [-0.3, -0.25) is 4.57 Å². The lowest BCUT2D eigenvalue weighted by molar-refractivity contribution is 0.954. The number of rotatable bonds is 5. The molecule has 0 fully saturated rings. The average Bonchev–Trinajstić information content (AvgIpc) is 3.61. The first-order valence-electron chi connectivity index (χ1n) is 18.6. The van der Waals surface area contributed by atoms with Crippen LogP contribution in [0.5, 0.6) is 0 Å². The molecule has 0 N–H and O–H groups in total. The minimum absolute atomic E-state index is 0.575. The zero-order valence-electron chi connectivity index (χ0n) is 29.8. The quantitative estimate of drug-likeness (QED) is 0.168. The van der Waals surface area contributed by atoms with E-state index in [1.165, 1.54) is 43.3 Å². The van der Waals surface area contributed by atoms with Crippen LogP contribution in [0.2, 0.25) is 0 Å². The van der Waals surface area contributed by atoms with E-state index in [0.717, 1.165) is 44.2 Å². The van der Waals surface area contributed by atoms with Crippen molar-refractivity contribution in [3.63, 3.8) is 0 Å². The molecule has 2 aromatic heterocycles. The van der Waals surface area contributed by atoms with Gasteiger partial charge in [0.25, 0.3) is 0 Å². The first-order chi connectivity index (χ1) is 27.3. The van der Waals surface area contributed by atoms with Gasteiger partial charge in [-0.05, 0) is 61.3 Å². The van der Waals surface area contributed by atoms with Crippen LogP contribution in [-0.2, 0) is 0 Å². The SMILES string of the molecule is c1ccc(-c2ccc(-c3nc(-c4ccccc4-c4ccccc4)nc(-n4c5ccccc5c5c6c7ccccc7c7ccccc7c6ccc54)n3)cc2)cc1. The summed E-state index contributed by atoms with van der Waals surface area (Å²) >= 11 is 0. The largest absolute Gasteiger partial charge is 0.278 e. The zero-order valence-corrected chi connectivity index (χ0v) is 29.8. The second-order valence-corrected chi connectivity index (χ2v) is 14.0. The zero-order chi connectivity index (χ0) is 36.3. The second kappa shape index (κ2) is 12.6. The smallest absolute Gasteiger partial charge is 0.238 e. The molecule has 0 aliphatic rings. The molecule has 4 heteroatoms. The minimum Gasteiger partial charge on any atom is -0.278 e. The molecule has 0 amide bonds. The summed E-state index contributed by atoms with van der Waals surface area (Å²) in [6.45, 7) is 0. The lowest BCUT2D eigenvalue weighted by atomic mass is 9.92. The van der Waals surface area contributed by atoms with Crippen molar-refractivity contribution in [2.45, 2.75) is 0 Å². The predicted octanol–water partition coefficient (Wildman–Crippen LogP) is 13.1. The van der Waals surface area contributed by atoms with Crippen LogP contribution in [0.1, 0.15) is 0 Å². The van der Waals surface area contributed by atoms with Crippen molar-refractivity contribution >= 4 is 54.1 Å². The fourth-order valence-corrected chi connectivity index (χ4v) is 8.37. The van der Waals surface area contributed by atoms with Gasteiger partial charge in [0.05, 0.1) is 11.0 Å². The third-order valence-corrected chi connectivity index (χ3v) is 10.9. The van der Waals surface area contributed by atoms with E-state index < -0.39 is 0 Å². The van der Waals surface area contributed by atoms with Gasteiger partial charge in [-0.15, -0.1) is 0 Å². The maximum absolute atomic E-state index is 5.36. The maximum Gasteiger partial charge on any atom is 0.238 e. The van der Waals surface area contributed by atoms with E-state index in [0.29, 0.717) is 17.6 Å². The van der Waals surface area contributed by atoms with Gasteiger partial charge in [-0.2, -0.15) is 9.97 Å². The number of para-hydroxylation sites is 1. The molecule has 0 radical (unpaired) electrons. The first-order valence-corrected chi connectivity index (χ1v) is 18.6. The topological polar surface area (TPSA) is 43.6 Å². The highest BCUT2D eigenvalue weighted by molar-refractivity contribution is 6.35. The predicted molar refractivity (Wildman–Crippen MR) is 228 cm³/mol. The number of aromatic nitrogens is 4. The molecule has 0 aliphatic carbocycles. The number of fused-ring (bicyclic) bond motifs is 10. The highest BCUT2D eigenvalue weighted by atomic mass is 15.2. The third-order valence-electron chi connectivity index (χ3n) is 10.9. The van der Waals surface area contributed by atoms with E-state index in [9.17, 15) is 0 Å². The van der Waals surface area contributed by atoms with Crippen molar-refractivity contribution in [2.75, 3.05) is 0 Å². The molecule has 256 valence electrons. The molecular formula is C51H32N4. The Morgan fingerprint density at radius 2 is 0.764 bits per heavy atom. The normalized spacial score (nSPS) is 11.6. The van der Waals surface area contributed by atoms with E-state index in [2.05, 4.69) is 187 Å². The second-order valence-electron chi connectivity index (χ2n) is 14.0. The summed E-state index contributed by atoms with van der Waals surface area (Å²) < 4.78 is 2.23. The highest BCUT2D eigenvalue weighted by Crippen LogP contribution is 2.43. The Kier molecular flexibility index (Phi) is 7.14. The Bertz CT molecular complexity index is 3200. The summed E-state index contributed by atoms with van der Waals surface area (Å²) in [6, 6.07) is 68.5. The molecule has 0 spiro atoms. The standard InChI is InChI=1S/C51H32N4/c1-3-15-33(16-4-1)34-27-29-36(30-28-34)49-52-50(43-24-12-7-19-37(43)35-17-5-2-6-18-35)54-51(53-49)55-45-26-14-13-25-44(45)48-46(55)32-31-42-40-22-9-8-20-38(40)39-21-10-11-23-41(39)47(42)48/h1-32H. The van der Waals surface area contributed by atoms with E-state index in [-0.39, 0.29) is 0 Å². The van der Waals surface area contributed by atoms with Crippen molar-refractivity contribution in [2.24, 2.45) is 0 Å². The van der Waals surface area contributed by atoms with Crippen LogP contribution < -0.4 is 0 Å². The maximum atomic E-state index is 5.36. The van der Waals surface area contributed by atoms with Crippen LogP contribution in [0.4, 0.5) is 0 Å². The summed E-state index contributed by atoms with van der Waals surface area (Å²) in [5, 5.41) is 9.80. The fourth-order valence-electron chi connectivity index (χ4n) is 8.37. The number of nitrogens with zero attached hydrogens (tertiary/aromatic N) is 4. The summed E-state index contributed by atoms with van der Waals surface area (Å²) in [4.78, 5) is 15.9. The van der Waals surface area contributed by atoms with Crippen LogP contribution in [0.3, 0.4) is 0 Å². The molecule has 2 heterocycles. The molecule has 0 aliphatic heterocycles. The van der Waals surface area contributed by atoms with E-state index in [1.807, 2.05) is 12.1 Å². The highest BCUT2D eigenvalue weighted by Gasteiger charge is 2.22. The van der Waals surface area contributed by atoms with Gasteiger partial charge in [0.15, 0.2) is 11.6 Å². The Hall–Kier alpha value is -7.43. The number of hydrogen-bond acceptors (Lipinski definition) is 3. The summed E-state index contributed by atoms with van der Waals surface area (Å²) in [6.07, 6.45) is 0. The van der Waals surface area contributed by atoms with Gasteiger partial charge in [0.2, 0.25) is 5.95 Å². The van der Waals surface area contributed by atoms with Gasteiger partial charge in [0, 0.05) is 27.3 Å². The van der Waals surface area contributed by atoms with Gasteiger partial charge in [0.1, 0.15) is 0 Å². The molecule has 0 atom stereocenters. The number of benzene rings is 9. The van der Waals surface area contributed by atoms with E-state index >= 15 is 0 Å². The minimum atomic E-state index is 0.575. The van der Waals surface area contributed by atoms with Crippen LogP contribution in [0, 0.1) is 0 Å². The molecule has 9 aromatic carbocycles. The van der Waals surface area contributed by atoms with Gasteiger partial charge >= 0.3 is 0 Å². The number of hydrogen-bond donors (Lipinski definition) is 0. The van der Waals surface area contributed by atoms with Crippen LogP contribution in [-0.4, -0.2) is 19.5 Å².